The van der Waals surface area contributed by atoms with Gasteiger partial charge in [-0.25, -0.2) is 0 Å². The van der Waals surface area contributed by atoms with E-state index >= 15 is 0 Å². The van der Waals surface area contributed by atoms with Gasteiger partial charge in [-0.2, -0.15) is 0 Å². The Balaban J connectivity index is 1.67. The maximum Gasteiger partial charge on any atom is 0.221 e. The first kappa shape index (κ1) is 20.3. The van der Waals surface area contributed by atoms with Crippen LogP contribution in [-0.4, -0.2) is 31.2 Å². The van der Waals surface area contributed by atoms with E-state index in [1.165, 1.54) is 19.3 Å². The Morgan fingerprint density at radius 3 is 2.60 bits per heavy atom. The predicted molar refractivity (Wildman–Crippen MR) is 119 cm³/mol. The van der Waals surface area contributed by atoms with Crippen molar-refractivity contribution >= 4 is 16.8 Å². The van der Waals surface area contributed by atoms with Gasteiger partial charge >= 0.3 is 0 Å². The number of fused-ring (bicyclic) bond motifs is 1. The highest BCUT2D eigenvalue weighted by Gasteiger charge is 2.24. The second-order valence-electron chi connectivity index (χ2n) is 8.06. The predicted octanol–water partition coefficient (Wildman–Crippen LogP) is 5.16. The molecule has 0 aliphatic heterocycles. The Kier molecular flexibility index (Phi) is 6.26. The number of H-pyrrole nitrogens is 1. The van der Waals surface area contributed by atoms with Crippen molar-refractivity contribution in [3.05, 3.63) is 59.8 Å². The summed E-state index contributed by atoms with van der Waals surface area (Å²) in [5.74, 6) is 1.38. The summed E-state index contributed by atoms with van der Waals surface area (Å²) in [6.07, 6.45) is 8.27. The third-order valence-electron chi connectivity index (χ3n) is 6.17. The van der Waals surface area contributed by atoms with Crippen LogP contribution < -0.4 is 14.8 Å². The second-order valence-corrected chi connectivity index (χ2v) is 8.06. The van der Waals surface area contributed by atoms with Gasteiger partial charge in [-0.15, -0.1) is 0 Å². The van der Waals surface area contributed by atoms with E-state index in [-0.39, 0.29) is 11.8 Å². The molecule has 1 aliphatic carbocycles. The Bertz CT molecular complexity index is 1000. The number of carbonyl (C=O) groups is 1. The summed E-state index contributed by atoms with van der Waals surface area (Å²) in [5.41, 5.74) is 3.23. The largest absolute Gasteiger partial charge is 0.493 e. The summed E-state index contributed by atoms with van der Waals surface area (Å²) in [7, 11) is 3.27. The van der Waals surface area contributed by atoms with Gasteiger partial charge in [0.1, 0.15) is 0 Å². The highest BCUT2D eigenvalue weighted by Crippen LogP contribution is 2.37. The van der Waals surface area contributed by atoms with Gasteiger partial charge in [-0.3, -0.25) is 4.79 Å². The van der Waals surface area contributed by atoms with Gasteiger partial charge in [0, 0.05) is 35.5 Å². The first-order chi connectivity index (χ1) is 14.7. The van der Waals surface area contributed by atoms with Crippen molar-refractivity contribution < 1.29 is 14.3 Å². The van der Waals surface area contributed by atoms with Gasteiger partial charge in [0.05, 0.1) is 14.2 Å². The molecule has 1 atom stereocenters. The van der Waals surface area contributed by atoms with E-state index < -0.39 is 0 Å². The lowest BCUT2D eigenvalue weighted by molar-refractivity contribution is -0.122. The van der Waals surface area contributed by atoms with E-state index in [1.807, 2.05) is 36.5 Å². The Labute approximate surface area is 177 Å². The average Bonchev–Trinajstić information content (AvgIpc) is 3.21. The minimum Gasteiger partial charge on any atom is -0.493 e. The number of carbonyl (C=O) groups excluding carboxylic acids is 1. The van der Waals surface area contributed by atoms with E-state index in [0.717, 1.165) is 34.9 Å². The number of aromatic amines is 1. The minimum absolute atomic E-state index is 0.0791. The average molecular weight is 407 g/mol. The Hall–Kier alpha value is -2.95. The number of nitrogens with one attached hydrogen (secondary N) is 2. The Morgan fingerprint density at radius 2 is 1.83 bits per heavy atom. The topological polar surface area (TPSA) is 63.3 Å². The smallest absolute Gasteiger partial charge is 0.221 e. The lowest BCUT2D eigenvalue weighted by Crippen LogP contribution is -2.36. The lowest BCUT2D eigenvalue weighted by Gasteiger charge is -2.24. The van der Waals surface area contributed by atoms with E-state index in [4.69, 9.17) is 9.47 Å². The standard InChI is InChI=1S/C25H30N2O3/c1-29-23-13-12-17(14-24(23)30-2)20(15-25(28)27-18-8-4-3-5-9-18)21-16-26-22-11-7-6-10-19(21)22/h6-7,10-14,16,18,20,26H,3-5,8-9,15H2,1-2H3,(H,27,28)/t20-/m0/s1. The maximum atomic E-state index is 13.0. The molecular weight excluding hydrogens is 376 g/mol. The number of rotatable bonds is 7. The summed E-state index contributed by atoms with van der Waals surface area (Å²) in [6, 6.07) is 14.5. The summed E-state index contributed by atoms with van der Waals surface area (Å²) >= 11 is 0. The van der Waals surface area contributed by atoms with Gasteiger partial charge in [0.25, 0.3) is 0 Å². The molecule has 1 heterocycles. The molecule has 2 N–H and O–H groups in total. The molecule has 5 nitrogen and oxygen atoms in total. The molecule has 0 radical (unpaired) electrons. The molecule has 0 bridgehead atoms. The molecule has 1 amide bonds. The van der Waals surface area contributed by atoms with Crippen molar-refractivity contribution in [1.82, 2.24) is 10.3 Å². The fourth-order valence-corrected chi connectivity index (χ4v) is 4.58. The second kappa shape index (κ2) is 9.24. The molecule has 0 unspecified atom stereocenters. The van der Waals surface area contributed by atoms with Crippen LogP contribution in [-0.2, 0) is 4.79 Å². The molecule has 1 aromatic heterocycles. The molecule has 1 saturated carbocycles. The SMILES string of the molecule is COc1ccc([C@H](CC(=O)NC2CCCCC2)c2c[nH]c3ccccc23)cc1OC. The van der Waals surface area contributed by atoms with Crippen LogP contribution in [0.5, 0.6) is 11.5 Å². The third-order valence-corrected chi connectivity index (χ3v) is 6.17. The zero-order valence-electron chi connectivity index (χ0n) is 17.7. The van der Waals surface area contributed by atoms with E-state index in [9.17, 15) is 4.79 Å². The minimum atomic E-state index is -0.0791. The van der Waals surface area contributed by atoms with Crippen LogP contribution in [0.15, 0.2) is 48.7 Å². The molecule has 1 aliphatic rings. The number of para-hydroxylation sites is 1. The van der Waals surface area contributed by atoms with Gasteiger partial charge < -0.3 is 19.8 Å². The molecule has 158 valence electrons. The number of hydrogen-bond acceptors (Lipinski definition) is 3. The van der Waals surface area contributed by atoms with Gasteiger partial charge in [-0.05, 0) is 42.2 Å². The van der Waals surface area contributed by atoms with Crippen LogP contribution in [0.25, 0.3) is 10.9 Å². The zero-order chi connectivity index (χ0) is 20.9. The number of methoxy groups -OCH3 is 2. The van der Waals surface area contributed by atoms with Crippen molar-refractivity contribution in [2.45, 2.75) is 50.5 Å². The summed E-state index contributed by atoms with van der Waals surface area (Å²) in [5, 5.41) is 4.42. The fraction of sp³-hybridized carbons (Fsp3) is 0.400. The highest BCUT2D eigenvalue weighted by molar-refractivity contribution is 5.86. The van der Waals surface area contributed by atoms with E-state index in [2.05, 4.69) is 22.4 Å². The Morgan fingerprint density at radius 1 is 1.07 bits per heavy atom. The van der Waals surface area contributed by atoms with Crippen LogP contribution in [0.2, 0.25) is 0 Å². The van der Waals surface area contributed by atoms with Gasteiger partial charge in [-0.1, -0.05) is 43.5 Å². The summed E-state index contributed by atoms with van der Waals surface area (Å²) in [4.78, 5) is 16.4. The molecular formula is C25H30N2O3. The first-order valence-corrected chi connectivity index (χ1v) is 10.8. The maximum absolute atomic E-state index is 13.0. The number of benzene rings is 2. The lowest BCUT2D eigenvalue weighted by atomic mass is 9.87. The summed E-state index contributed by atoms with van der Waals surface area (Å²) < 4.78 is 10.9. The quantitative estimate of drug-likeness (QED) is 0.570. The number of amides is 1. The molecule has 30 heavy (non-hydrogen) atoms. The fourth-order valence-electron chi connectivity index (χ4n) is 4.58. The molecule has 2 aromatic carbocycles. The molecule has 4 rings (SSSR count). The molecule has 0 spiro atoms. The van der Waals surface area contributed by atoms with Crippen molar-refractivity contribution in [3.63, 3.8) is 0 Å². The van der Waals surface area contributed by atoms with Crippen LogP contribution in [0.3, 0.4) is 0 Å². The number of ether oxygens (including phenoxy) is 2. The van der Waals surface area contributed by atoms with Crippen LogP contribution in [0.4, 0.5) is 0 Å². The van der Waals surface area contributed by atoms with Crippen LogP contribution >= 0.6 is 0 Å². The monoisotopic (exact) mass is 406 g/mol. The van der Waals surface area contributed by atoms with Crippen LogP contribution in [0.1, 0.15) is 55.6 Å². The van der Waals surface area contributed by atoms with Crippen LogP contribution in [0, 0.1) is 0 Å². The van der Waals surface area contributed by atoms with Crippen molar-refractivity contribution in [2.24, 2.45) is 0 Å². The molecule has 1 fully saturated rings. The normalized spacial score (nSPS) is 15.7. The van der Waals surface area contributed by atoms with Crippen molar-refractivity contribution in [2.75, 3.05) is 14.2 Å². The molecule has 5 heteroatoms. The van der Waals surface area contributed by atoms with E-state index in [1.54, 1.807) is 14.2 Å². The molecule has 0 saturated heterocycles. The van der Waals surface area contributed by atoms with Crippen molar-refractivity contribution in [1.29, 1.82) is 0 Å². The van der Waals surface area contributed by atoms with E-state index in [0.29, 0.717) is 24.0 Å². The third kappa shape index (κ3) is 4.30. The first-order valence-electron chi connectivity index (χ1n) is 10.8. The summed E-state index contributed by atoms with van der Waals surface area (Å²) in [6.45, 7) is 0. The zero-order valence-corrected chi connectivity index (χ0v) is 17.7. The molecule has 3 aromatic rings. The van der Waals surface area contributed by atoms with Gasteiger partial charge in [0.2, 0.25) is 5.91 Å². The van der Waals surface area contributed by atoms with Gasteiger partial charge in [0.15, 0.2) is 11.5 Å². The van der Waals surface area contributed by atoms with Crippen molar-refractivity contribution in [3.8, 4) is 11.5 Å². The number of hydrogen-bond donors (Lipinski definition) is 2. The number of aromatic nitrogens is 1. The highest BCUT2D eigenvalue weighted by atomic mass is 16.5.